The van der Waals surface area contributed by atoms with Crippen LogP contribution in [0.2, 0.25) is 0 Å². The van der Waals surface area contributed by atoms with E-state index >= 15 is 0 Å². The molecule has 108 valence electrons. The van der Waals surface area contributed by atoms with Gasteiger partial charge in [0.1, 0.15) is 11.8 Å². The van der Waals surface area contributed by atoms with Gasteiger partial charge in [-0.15, -0.1) is 11.8 Å². The SMILES string of the molecule is Cc1cc(C)cc(OCC(=O)N2CSC[C@H]2C(=O)O)c1. The van der Waals surface area contributed by atoms with Gasteiger partial charge < -0.3 is 14.7 Å². The minimum absolute atomic E-state index is 0.132. The Morgan fingerprint density at radius 3 is 2.60 bits per heavy atom. The quantitative estimate of drug-likeness (QED) is 0.915. The van der Waals surface area contributed by atoms with Gasteiger partial charge in [-0.1, -0.05) is 6.07 Å². The average molecular weight is 295 g/mol. The Hall–Kier alpha value is -1.69. The highest BCUT2D eigenvalue weighted by molar-refractivity contribution is 7.99. The van der Waals surface area contributed by atoms with E-state index in [1.807, 2.05) is 32.0 Å². The molecule has 0 radical (unpaired) electrons. The molecule has 1 fully saturated rings. The summed E-state index contributed by atoms with van der Waals surface area (Å²) in [6.07, 6.45) is 0. The summed E-state index contributed by atoms with van der Waals surface area (Å²) in [6.45, 7) is 3.78. The molecule has 1 aliphatic rings. The number of carbonyl (C=O) groups excluding carboxylic acids is 1. The van der Waals surface area contributed by atoms with Gasteiger partial charge in [0.05, 0.1) is 5.88 Å². The molecule has 5 nitrogen and oxygen atoms in total. The number of rotatable bonds is 4. The smallest absolute Gasteiger partial charge is 0.327 e. The highest BCUT2D eigenvalue weighted by atomic mass is 32.2. The Morgan fingerprint density at radius 2 is 2.00 bits per heavy atom. The Morgan fingerprint density at radius 1 is 1.35 bits per heavy atom. The first-order valence-electron chi connectivity index (χ1n) is 6.28. The number of benzene rings is 1. The summed E-state index contributed by atoms with van der Waals surface area (Å²) in [5.41, 5.74) is 2.13. The monoisotopic (exact) mass is 295 g/mol. The second kappa shape index (κ2) is 6.17. The molecule has 1 saturated heterocycles. The van der Waals surface area contributed by atoms with E-state index in [-0.39, 0.29) is 12.5 Å². The van der Waals surface area contributed by atoms with E-state index in [1.54, 1.807) is 0 Å². The summed E-state index contributed by atoms with van der Waals surface area (Å²) < 4.78 is 5.48. The lowest BCUT2D eigenvalue weighted by molar-refractivity contribution is -0.148. The van der Waals surface area contributed by atoms with Crippen LogP contribution in [0.3, 0.4) is 0 Å². The predicted molar refractivity (Wildman–Crippen MR) is 77.0 cm³/mol. The van der Waals surface area contributed by atoms with Crippen LogP contribution in [0.5, 0.6) is 5.75 Å². The maximum Gasteiger partial charge on any atom is 0.327 e. The van der Waals surface area contributed by atoms with Gasteiger partial charge in [-0.2, -0.15) is 0 Å². The van der Waals surface area contributed by atoms with Crippen LogP contribution in [-0.4, -0.2) is 46.2 Å². The molecule has 0 bridgehead atoms. The fraction of sp³-hybridized carbons (Fsp3) is 0.429. The van der Waals surface area contributed by atoms with Gasteiger partial charge in [0.15, 0.2) is 6.61 Å². The van der Waals surface area contributed by atoms with E-state index in [0.717, 1.165) is 11.1 Å². The second-order valence-electron chi connectivity index (χ2n) is 4.83. The van der Waals surface area contributed by atoms with E-state index < -0.39 is 12.0 Å². The number of hydrogen-bond donors (Lipinski definition) is 1. The van der Waals surface area contributed by atoms with Gasteiger partial charge in [-0.05, 0) is 37.1 Å². The normalized spacial score (nSPS) is 18.1. The zero-order valence-electron chi connectivity index (χ0n) is 11.5. The molecule has 0 aliphatic carbocycles. The van der Waals surface area contributed by atoms with Crippen molar-refractivity contribution in [3.63, 3.8) is 0 Å². The largest absolute Gasteiger partial charge is 0.484 e. The lowest BCUT2D eigenvalue weighted by atomic mass is 10.1. The molecule has 2 rings (SSSR count). The van der Waals surface area contributed by atoms with E-state index in [9.17, 15) is 9.59 Å². The number of carboxylic acids is 1. The van der Waals surface area contributed by atoms with Gasteiger partial charge >= 0.3 is 5.97 Å². The van der Waals surface area contributed by atoms with Crippen LogP contribution in [0.15, 0.2) is 18.2 Å². The first-order chi connectivity index (χ1) is 9.47. The van der Waals surface area contributed by atoms with E-state index in [1.165, 1.54) is 16.7 Å². The van der Waals surface area contributed by atoms with Crippen LogP contribution in [0, 0.1) is 13.8 Å². The zero-order valence-corrected chi connectivity index (χ0v) is 12.3. The number of amides is 1. The van der Waals surface area contributed by atoms with Crippen LogP contribution in [0.1, 0.15) is 11.1 Å². The molecule has 0 saturated carbocycles. The van der Waals surface area contributed by atoms with E-state index in [4.69, 9.17) is 9.84 Å². The Bertz CT molecular complexity index is 512. The molecule has 1 aromatic rings. The number of thioether (sulfide) groups is 1. The fourth-order valence-corrected chi connectivity index (χ4v) is 3.31. The molecule has 1 amide bonds. The first-order valence-corrected chi connectivity index (χ1v) is 7.44. The molecule has 6 heteroatoms. The first kappa shape index (κ1) is 14.7. The van der Waals surface area contributed by atoms with Crippen LogP contribution in [-0.2, 0) is 9.59 Å². The van der Waals surface area contributed by atoms with E-state index in [0.29, 0.717) is 17.4 Å². The third-order valence-electron chi connectivity index (χ3n) is 3.05. The lowest BCUT2D eigenvalue weighted by Crippen LogP contribution is -2.43. The van der Waals surface area contributed by atoms with Crippen LogP contribution >= 0.6 is 11.8 Å². The third-order valence-corrected chi connectivity index (χ3v) is 4.06. The molecule has 0 unspecified atom stereocenters. The number of aliphatic carboxylic acids is 1. The van der Waals surface area contributed by atoms with Crippen molar-refractivity contribution < 1.29 is 19.4 Å². The number of aryl methyl sites for hydroxylation is 2. The summed E-state index contributed by atoms with van der Waals surface area (Å²) in [5.74, 6) is 0.224. The van der Waals surface area contributed by atoms with Gasteiger partial charge in [0.2, 0.25) is 0 Å². The topological polar surface area (TPSA) is 66.8 Å². The number of nitrogens with zero attached hydrogens (tertiary/aromatic N) is 1. The Labute approximate surface area is 121 Å². The summed E-state index contributed by atoms with van der Waals surface area (Å²) in [6, 6.07) is 4.99. The predicted octanol–water partition coefficient (Wildman–Crippen LogP) is 1.67. The van der Waals surface area contributed by atoms with Crippen molar-refractivity contribution in [3.8, 4) is 5.75 Å². The van der Waals surface area contributed by atoms with Crippen molar-refractivity contribution in [2.75, 3.05) is 18.2 Å². The maximum absolute atomic E-state index is 12.0. The summed E-state index contributed by atoms with van der Waals surface area (Å²) >= 11 is 1.44. The van der Waals surface area contributed by atoms with Crippen LogP contribution in [0.4, 0.5) is 0 Å². The Kier molecular flexibility index (Phi) is 4.54. The van der Waals surface area contributed by atoms with Crippen LogP contribution < -0.4 is 4.74 Å². The minimum atomic E-state index is -0.963. The van der Waals surface area contributed by atoms with Crippen molar-refractivity contribution in [1.29, 1.82) is 0 Å². The third kappa shape index (κ3) is 3.45. The van der Waals surface area contributed by atoms with Crippen molar-refractivity contribution in [3.05, 3.63) is 29.3 Å². The van der Waals surface area contributed by atoms with Crippen molar-refractivity contribution in [2.24, 2.45) is 0 Å². The van der Waals surface area contributed by atoms with Crippen molar-refractivity contribution in [1.82, 2.24) is 4.90 Å². The highest BCUT2D eigenvalue weighted by Gasteiger charge is 2.34. The lowest BCUT2D eigenvalue weighted by Gasteiger charge is -2.20. The van der Waals surface area contributed by atoms with Gasteiger partial charge in [-0.25, -0.2) is 4.79 Å². The molecule has 1 aliphatic heterocycles. The molecule has 1 aromatic carbocycles. The summed E-state index contributed by atoms with van der Waals surface area (Å²) in [5, 5.41) is 9.04. The summed E-state index contributed by atoms with van der Waals surface area (Å²) in [7, 11) is 0. The number of carboxylic acid groups (broad SMARTS) is 1. The number of hydrogen-bond acceptors (Lipinski definition) is 4. The van der Waals surface area contributed by atoms with Gasteiger partial charge in [-0.3, -0.25) is 4.79 Å². The number of carbonyl (C=O) groups is 2. The van der Waals surface area contributed by atoms with Crippen molar-refractivity contribution in [2.45, 2.75) is 19.9 Å². The molecule has 0 spiro atoms. The van der Waals surface area contributed by atoms with Crippen LogP contribution in [0.25, 0.3) is 0 Å². The summed E-state index contributed by atoms with van der Waals surface area (Å²) in [4.78, 5) is 24.4. The highest BCUT2D eigenvalue weighted by Crippen LogP contribution is 2.22. The Balaban J connectivity index is 1.96. The molecule has 1 heterocycles. The van der Waals surface area contributed by atoms with Crippen molar-refractivity contribution >= 4 is 23.6 Å². The molecular formula is C14H17NO4S. The maximum atomic E-state index is 12.0. The molecular weight excluding hydrogens is 278 g/mol. The standard InChI is InChI=1S/C14H17NO4S/c1-9-3-10(2)5-11(4-9)19-6-13(16)15-8-20-7-12(15)14(17)18/h3-5,12H,6-8H2,1-2H3,(H,17,18)/t12-/m0/s1. The zero-order chi connectivity index (χ0) is 14.7. The second-order valence-corrected chi connectivity index (χ2v) is 5.83. The molecule has 1 atom stereocenters. The number of ether oxygens (including phenoxy) is 1. The molecule has 20 heavy (non-hydrogen) atoms. The van der Waals surface area contributed by atoms with Gasteiger partial charge in [0.25, 0.3) is 5.91 Å². The minimum Gasteiger partial charge on any atom is -0.484 e. The van der Waals surface area contributed by atoms with E-state index in [2.05, 4.69) is 0 Å². The molecule has 0 aromatic heterocycles. The average Bonchev–Trinajstić information content (AvgIpc) is 2.84. The van der Waals surface area contributed by atoms with Gasteiger partial charge in [0, 0.05) is 5.75 Å². The molecule has 1 N–H and O–H groups in total. The fourth-order valence-electron chi connectivity index (χ4n) is 2.14.